The first-order chi connectivity index (χ1) is 9.48. The zero-order chi connectivity index (χ0) is 14.6. The van der Waals surface area contributed by atoms with E-state index in [-0.39, 0.29) is 5.41 Å². The molecule has 0 saturated heterocycles. The molecule has 0 aliphatic heterocycles. The summed E-state index contributed by atoms with van der Waals surface area (Å²) >= 11 is 0. The van der Waals surface area contributed by atoms with Crippen molar-refractivity contribution in [3.8, 4) is 5.75 Å². The minimum absolute atomic E-state index is 0.125. The molecule has 1 aromatic rings. The molecule has 1 aliphatic rings. The van der Waals surface area contributed by atoms with E-state index in [9.17, 15) is 0 Å². The Hall–Kier alpha value is -1.02. The van der Waals surface area contributed by atoms with E-state index in [0.29, 0.717) is 0 Å². The Balaban J connectivity index is 1.91. The molecule has 2 rings (SSSR count). The molecule has 112 valence electrons. The van der Waals surface area contributed by atoms with Gasteiger partial charge in [-0.2, -0.15) is 0 Å². The van der Waals surface area contributed by atoms with Crippen LogP contribution < -0.4 is 10.1 Å². The van der Waals surface area contributed by atoms with Gasteiger partial charge in [0.2, 0.25) is 0 Å². The molecule has 0 radical (unpaired) electrons. The van der Waals surface area contributed by atoms with Crippen LogP contribution in [0.3, 0.4) is 0 Å². The molecule has 0 spiro atoms. The third-order valence-corrected chi connectivity index (χ3v) is 4.16. The van der Waals surface area contributed by atoms with Crippen LogP contribution in [0.1, 0.15) is 57.6 Å². The van der Waals surface area contributed by atoms with E-state index in [2.05, 4.69) is 51.2 Å². The van der Waals surface area contributed by atoms with Crippen molar-refractivity contribution in [1.82, 2.24) is 5.32 Å². The van der Waals surface area contributed by atoms with Gasteiger partial charge in [0, 0.05) is 12.6 Å². The van der Waals surface area contributed by atoms with Gasteiger partial charge < -0.3 is 10.1 Å². The van der Waals surface area contributed by atoms with Crippen molar-refractivity contribution in [2.24, 2.45) is 0 Å². The Labute approximate surface area is 123 Å². The molecule has 0 heterocycles. The number of hydrogen-bond donors (Lipinski definition) is 1. The Morgan fingerprint density at radius 1 is 1.20 bits per heavy atom. The van der Waals surface area contributed by atoms with Crippen molar-refractivity contribution in [3.63, 3.8) is 0 Å². The first-order valence-electron chi connectivity index (χ1n) is 7.95. The van der Waals surface area contributed by atoms with E-state index in [1.165, 1.54) is 36.8 Å². The van der Waals surface area contributed by atoms with Crippen molar-refractivity contribution in [2.75, 3.05) is 13.2 Å². The third-order valence-electron chi connectivity index (χ3n) is 4.16. The quantitative estimate of drug-likeness (QED) is 0.813. The fraction of sp³-hybridized carbons (Fsp3) is 0.667. The minimum Gasteiger partial charge on any atom is -0.492 e. The third kappa shape index (κ3) is 3.99. The number of nitrogens with one attached hydrogen (secondary N) is 1. The molecule has 0 aromatic heterocycles. The smallest absolute Gasteiger partial charge is 0.125 e. The summed E-state index contributed by atoms with van der Waals surface area (Å²) in [6.45, 7) is 10.6. The number of aryl methyl sites for hydroxylation is 1. The van der Waals surface area contributed by atoms with Gasteiger partial charge in [-0.15, -0.1) is 0 Å². The summed E-state index contributed by atoms with van der Waals surface area (Å²) in [4.78, 5) is 0. The van der Waals surface area contributed by atoms with Crippen LogP contribution in [0.25, 0.3) is 0 Å². The van der Waals surface area contributed by atoms with Gasteiger partial charge in [0.1, 0.15) is 12.4 Å². The topological polar surface area (TPSA) is 21.3 Å². The number of hydrogen-bond acceptors (Lipinski definition) is 2. The van der Waals surface area contributed by atoms with Gasteiger partial charge in [0.25, 0.3) is 0 Å². The number of para-hydroxylation sites is 1. The summed E-state index contributed by atoms with van der Waals surface area (Å²) in [7, 11) is 0. The van der Waals surface area contributed by atoms with Crippen molar-refractivity contribution in [3.05, 3.63) is 29.3 Å². The predicted octanol–water partition coefficient (Wildman–Crippen LogP) is 4.20. The Morgan fingerprint density at radius 2 is 1.90 bits per heavy atom. The van der Waals surface area contributed by atoms with Crippen LogP contribution in [-0.4, -0.2) is 19.2 Å². The zero-order valence-corrected chi connectivity index (χ0v) is 13.5. The summed E-state index contributed by atoms with van der Waals surface area (Å²) < 4.78 is 6.09. The molecule has 1 aromatic carbocycles. The lowest BCUT2D eigenvalue weighted by atomic mass is 9.85. The van der Waals surface area contributed by atoms with E-state index < -0.39 is 0 Å². The second kappa shape index (κ2) is 6.62. The molecule has 0 unspecified atom stereocenters. The van der Waals surface area contributed by atoms with Crippen molar-refractivity contribution in [2.45, 2.75) is 64.8 Å². The normalized spacial score (nSPS) is 16.6. The van der Waals surface area contributed by atoms with Gasteiger partial charge in [0.05, 0.1) is 0 Å². The highest BCUT2D eigenvalue weighted by Gasteiger charge is 2.20. The fourth-order valence-electron chi connectivity index (χ4n) is 2.98. The van der Waals surface area contributed by atoms with Crippen LogP contribution in [0.5, 0.6) is 5.75 Å². The highest BCUT2D eigenvalue weighted by atomic mass is 16.5. The average molecular weight is 275 g/mol. The molecule has 1 fully saturated rings. The van der Waals surface area contributed by atoms with Crippen molar-refractivity contribution >= 4 is 0 Å². The standard InChI is InChI=1S/C18H29NO/c1-14-8-7-11-16(18(2,3)4)17(14)20-13-12-19-15-9-5-6-10-15/h7-8,11,15,19H,5-6,9-10,12-13H2,1-4H3. The molecule has 2 heteroatoms. The second-order valence-electron chi connectivity index (χ2n) is 6.99. The molecule has 20 heavy (non-hydrogen) atoms. The molecule has 0 amide bonds. The molecule has 1 aliphatic carbocycles. The molecule has 2 nitrogen and oxygen atoms in total. The van der Waals surface area contributed by atoms with Crippen LogP contribution in [0.4, 0.5) is 0 Å². The maximum Gasteiger partial charge on any atom is 0.125 e. The lowest BCUT2D eigenvalue weighted by molar-refractivity contribution is 0.296. The molecule has 0 atom stereocenters. The highest BCUT2D eigenvalue weighted by molar-refractivity contribution is 5.44. The largest absolute Gasteiger partial charge is 0.492 e. The van der Waals surface area contributed by atoms with Gasteiger partial charge in [-0.25, -0.2) is 0 Å². The number of ether oxygens (including phenoxy) is 1. The van der Waals surface area contributed by atoms with E-state index in [1.807, 2.05) is 0 Å². The number of rotatable bonds is 5. The average Bonchev–Trinajstić information content (AvgIpc) is 2.88. The number of benzene rings is 1. The van der Waals surface area contributed by atoms with E-state index in [1.54, 1.807) is 0 Å². The summed E-state index contributed by atoms with van der Waals surface area (Å²) in [5.41, 5.74) is 2.66. The van der Waals surface area contributed by atoms with Crippen LogP contribution >= 0.6 is 0 Å². The van der Waals surface area contributed by atoms with Gasteiger partial charge >= 0.3 is 0 Å². The molecular formula is C18H29NO. The van der Waals surface area contributed by atoms with Gasteiger partial charge in [0.15, 0.2) is 0 Å². The molecular weight excluding hydrogens is 246 g/mol. The summed E-state index contributed by atoms with van der Waals surface area (Å²) in [5.74, 6) is 1.08. The first kappa shape index (κ1) is 15.4. The van der Waals surface area contributed by atoms with E-state index >= 15 is 0 Å². The minimum atomic E-state index is 0.125. The van der Waals surface area contributed by atoms with E-state index in [0.717, 1.165) is 24.9 Å². The molecule has 1 N–H and O–H groups in total. The molecule has 1 saturated carbocycles. The van der Waals surface area contributed by atoms with Crippen LogP contribution in [0.2, 0.25) is 0 Å². The lowest BCUT2D eigenvalue weighted by Gasteiger charge is -2.24. The zero-order valence-electron chi connectivity index (χ0n) is 13.5. The second-order valence-corrected chi connectivity index (χ2v) is 6.99. The monoisotopic (exact) mass is 275 g/mol. The predicted molar refractivity (Wildman–Crippen MR) is 85.6 cm³/mol. The Kier molecular flexibility index (Phi) is 5.09. The summed E-state index contributed by atoms with van der Waals surface area (Å²) in [5, 5.41) is 3.60. The highest BCUT2D eigenvalue weighted by Crippen LogP contribution is 2.33. The molecule has 0 bridgehead atoms. The van der Waals surface area contributed by atoms with Crippen LogP contribution in [-0.2, 0) is 5.41 Å². The lowest BCUT2D eigenvalue weighted by Crippen LogP contribution is -2.30. The van der Waals surface area contributed by atoms with Gasteiger partial charge in [-0.1, -0.05) is 51.8 Å². The maximum atomic E-state index is 6.09. The van der Waals surface area contributed by atoms with Gasteiger partial charge in [-0.05, 0) is 36.3 Å². The van der Waals surface area contributed by atoms with Crippen LogP contribution in [0.15, 0.2) is 18.2 Å². The maximum absolute atomic E-state index is 6.09. The fourth-order valence-corrected chi connectivity index (χ4v) is 2.98. The SMILES string of the molecule is Cc1cccc(C(C)(C)C)c1OCCNC1CCCC1. The first-order valence-corrected chi connectivity index (χ1v) is 7.95. The summed E-state index contributed by atoms with van der Waals surface area (Å²) in [6.07, 6.45) is 5.42. The van der Waals surface area contributed by atoms with Crippen LogP contribution in [0, 0.1) is 6.92 Å². The van der Waals surface area contributed by atoms with Gasteiger partial charge in [-0.3, -0.25) is 0 Å². The Morgan fingerprint density at radius 3 is 2.55 bits per heavy atom. The summed E-state index contributed by atoms with van der Waals surface area (Å²) in [6, 6.07) is 7.17. The van der Waals surface area contributed by atoms with E-state index in [4.69, 9.17) is 4.74 Å². The van der Waals surface area contributed by atoms with Crippen molar-refractivity contribution < 1.29 is 4.74 Å². The Bertz CT molecular complexity index is 428. The van der Waals surface area contributed by atoms with Crippen molar-refractivity contribution in [1.29, 1.82) is 0 Å².